The number of likely N-dealkylation sites (tertiary alicyclic amines) is 1. The first-order chi connectivity index (χ1) is 13.0. The number of hydrogen-bond donors (Lipinski definition) is 1. The van der Waals surface area contributed by atoms with Gasteiger partial charge >= 0.3 is 6.18 Å². The third-order valence-electron chi connectivity index (χ3n) is 4.24. The van der Waals surface area contributed by atoms with Gasteiger partial charge in [-0.2, -0.15) is 13.2 Å². The third kappa shape index (κ3) is 3.65. The first kappa shape index (κ1) is 20.7. The topological polar surface area (TPSA) is 72.6 Å². The molecule has 1 aromatic heterocycles. The zero-order valence-corrected chi connectivity index (χ0v) is 15.4. The number of rotatable bonds is 5. The third-order valence-corrected chi connectivity index (χ3v) is 5.86. The van der Waals surface area contributed by atoms with E-state index >= 15 is 0 Å². The van der Waals surface area contributed by atoms with Gasteiger partial charge < -0.3 is 15.4 Å². The molecule has 1 saturated heterocycles. The lowest BCUT2D eigenvalue weighted by Gasteiger charge is -2.46. The summed E-state index contributed by atoms with van der Waals surface area (Å²) in [7, 11) is 0. The molecule has 0 atom stereocenters. The van der Waals surface area contributed by atoms with Crippen molar-refractivity contribution in [3.63, 3.8) is 0 Å². The number of halogens is 6. The zero-order valence-electron chi connectivity index (χ0n) is 13.9. The molecule has 0 spiro atoms. The second-order valence-electron chi connectivity index (χ2n) is 6.42. The minimum atomic E-state index is -4.93. The van der Waals surface area contributed by atoms with E-state index in [1.165, 1.54) is 4.90 Å². The lowest BCUT2D eigenvalue weighted by molar-refractivity contribution is -0.136. The Hall–Kier alpha value is -1.98. The number of thiophene rings is 1. The molecule has 3 rings (SSSR count). The van der Waals surface area contributed by atoms with Crippen LogP contribution >= 0.6 is 22.9 Å². The minimum Gasteiger partial charge on any atom is -0.466 e. The molecule has 1 aromatic carbocycles. The van der Waals surface area contributed by atoms with Gasteiger partial charge in [0.2, 0.25) is 0 Å². The van der Waals surface area contributed by atoms with E-state index in [-0.39, 0.29) is 35.7 Å². The predicted molar refractivity (Wildman–Crippen MR) is 91.6 cm³/mol. The highest BCUT2D eigenvalue weighted by Gasteiger charge is 2.44. The number of amides is 1. The molecule has 12 heteroatoms. The number of nitrogens with zero attached hydrogens (tertiary/aromatic N) is 1. The summed E-state index contributed by atoms with van der Waals surface area (Å²) >= 11 is 6.65. The van der Waals surface area contributed by atoms with Gasteiger partial charge in [0.1, 0.15) is 11.5 Å². The normalized spacial score (nSPS) is 16.4. The SMILES string of the molecule is NC1(COC=O)CN(C(=O)c2sc3cc(C(F)F)cc(C(F)(F)F)c3c2Cl)C1. The number of nitrogens with two attached hydrogens (primary N) is 1. The van der Waals surface area contributed by atoms with Crippen LogP contribution in [-0.2, 0) is 15.7 Å². The van der Waals surface area contributed by atoms with E-state index in [4.69, 9.17) is 17.3 Å². The van der Waals surface area contributed by atoms with Crippen LogP contribution in [0, 0.1) is 0 Å². The van der Waals surface area contributed by atoms with E-state index < -0.39 is 45.6 Å². The number of carbonyl (C=O) groups is 2. The maximum absolute atomic E-state index is 13.4. The monoisotopic (exact) mass is 442 g/mol. The summed E-state index contributed by atoms with van der Waals surface area (Å²) in [6.45, 7) is 0.0783. The van der Waals surface area contributed by atoms with Gasteiger partial charge in [0.05, 0.1) is 16.1 Å². The highest BCUT2D eigenvalue weighted by Crippen LogP contribution is 2.45. The largest absolute Gasteiger partial charge is 0.466 e. The fourth-order valence-electron chi connectivity index (χ4n) is 2.99. The van der Waals surface area contributed by atoms with Gasteiger partial charge in [0.25, 0.3) is 18.8 Å². The van der Waals surface area contributed by atoms with Crippen molar-refractivity contribution in [2.45, 2.75) is 18.1 Å². The Kier molecular flexibility index (Phi) is 5.28. The molecule has 1 aliphatic rings. The number of fused-ring (bicyclic) bond motifs is 1. The molecular formula is C16H12ClF5N2O3S. The Morgan fingerprint density at radius 1 is 1.39 bits per heavy atom. The van der Waals surface area contributed by atoms with Crippen molar-refractivity contribution in [3.05, 3.63) is 33.2 Å². The second-order valence-corrected chi connectivity index (χ2v) is 7.85. The molecule has 152 valence electrons. The van der Waals surface area contributed by atoms with Gasteiger partial charge in [-0.3, -0.25) is 9.59 Å². The van der Waals surface area contributed by atoms with Gasteiger partial charge in [-0.25, -0.2) is 8.78 Å². The Bertz CT molecular complexity index is 940. The van der Waals surface area contributed by atoms with Crippen molar-refractivity contribution in [1.29, 1.82) is 0 Å². The van der Waals surface area contributed by atoms with Crippen LogP contribution in [0.4, 0.5) is 22.0 Å². The Labute approximate surface area is 163 Å². The highest BCUT2D eigenvalue weighted by molar-refractivity contribution is 7.21. The van der Waals surface area contributed by atoms with Gasteiger partial charge in [-0.05, 0) is 12.1 Å². The van der Waals surface area contributed by atoms with Crippen LogP contribution in [0.5, 0.6) is 0 Å². The van der Waals surface area contributed by atoms with E-state index in [0.717, 1.165) is 6.07 Å². The summed E-state index contributed by atoms with van der Waals surface area (Å²) in [4.78, 5) is 23.9. The zero-order chi connectivity index (χ0) is 20.9. The molecule has 1 amide bonds. The van der Waals surface area contributed by atoms with E-state index in [0.29, 0.717) is 17.4 Å². The number of ether oxygens (including phenoxy) is 1. The number of carbonyl (C=O) groups excluding carboxylic acids is 2. The van der Waals surface area contributed by atoms with Crippen LogP contribution in [0.2, 0.25) is 5.02 Å². The molecule has 28 heavy (non-hydrogen) atoms. The van der Waals surface area contributed by atoms with Crippen molar-refractivity contribution in [3.8, 4) is 0 Å². The van der Waals surface area contributed by atoms with Crippen LogP contribution in [-0.4, -0.2) is 42.5 Å². The van der Waals surface area contributed by atoms with Crippen molar-refractivity contribution >= 4 is 45.4 Å². The van der Waals surface area contributed by atoms with Gasteiger partial charge in [0.15, 0.2) is 0 Å². The van der Waals surface area contributed by atoms with E-state index in [1.807, 2.05) is 0 Å². The molecular weight excluding hydrogens is 431 g/mol. The fraction of sp³-hybridized carbons (Fsp3) is 0.375. The number of alkyl halides is 5. The van der Waals surface area contributed by atoms with Crippen molar-refractivity contribution in [2.24, 2.45) is 5.73 Å². The summed E-state index contributed by atoms with van der Waals surface area (Å²) in [5.41, 5.74) is 2.81. The first-order valence-electron chi connectivity index (χ1n) is 7.71. The maximum Gasteiger partial charge on any atom is 0.417 e. The molecule has 2 aromatic rings. The molecule has 2 N–H and O–H groups in total. The van der Waals surface area contributed by atoms with Gasteiger partial charge in [-0.1, -0.05) is 11.6 Å². The van der Waals surface area contributed by atoms with Crippen LogP contribution < -0.4 is 5.73 Å². The Morgan fingerprint density at radius 3 is 2.57 bits per heavy atom. The van der Waals surface area contributed by atoms with E-state index in [2.05, 4.69) is 4.74 Å². The summed E-state index contributed by atoms with van der Waals surface area (Å²) in [6.07, 6.45) is -8.04. The molecule has 1 aliphatic heterocycles. The van der Waals surface area contributed by atoms with E-state index in [1.54, 1.807) is 0 Å². The summed E-state index contributed by atoms with van der Waals surface area (Å²) < 4.78 is 70.4. The molecule has 1 fully saturated rings. The molecule has 5 nitrogen and oxygen atoms in total. The molecule has 0 radical (unpaired) electrons. The van der Waals surface area contributed by atoms with Gasteiger partial charge in [-0.15, -0.1) is 11.3 Å². The lowest BCUT2D eigenvalue weighted by atomic mass is 9.92. The van der Waals surface area contributed by atoms with Crippen LogP contribution in [0.3, 0.4) is 0 Å². The molecule has 2 heterocycles. The quantitative estimate of drug-likeness (QED) is 0.564. The maximum atomic E-state index is 13.4. The van der Waals surface area contributed by atoms with Crippen molar-refractivity contribution in [1.82, 2.24) is 4.90 Å². The summed E-state index contributed by atoms with van der Waals surface area (Å²) in [5.74, 6) is -0.676. The Morgan fingerprint density at radius 2 is 2.04 bits per heavy atom. The predicted octanol–water partition coefficient (Wildman–Crippen LogP) is 3.84. The van der Waals surface area contributed by atoms with Gasteiger partial charge in [0, 0.05) is 28.7 Å². The summed E-state index contributed by atoms with van der Waals surface area (Å²) in [5, 5.41) is -0.937. The smallest absolute Gasteiger partial charge is 0.417 e. The number of benzene rings is 1. The average Bonchev–Trinajstić information content (AvgIpc) is 2.92. The first-order valence-corrected chi connectivity index (χ1v) is 8.91. The minimum absolute atomic E-state index is 0.00133. The number of hydrogen-bond acceptors (Lipinski definition) is 5. The lowest BCUT2D eigenvalue weighted by Crippen LogP contribution is -2.70. The summed E-state index contributed by atoms with van der Waals surface area (Å²) in [6, 6.07) is 1.23. The Balaban J connectivity index is 1.98. The molecule has 0 bridgehead atoms. The molecule has 0 saturated carbocycles. The van der Waals surface area contributed by atoms with Crippen LogP contribution in [0.25, 0.3) is 10.1 Å². The molecule has 0 aliphatic carbocycles. The van der Waals surface area contributed by atoms with Crippen LogP contribution in [0.1, 0.15) is 27.2 Å². The van der Waals surface area contributed by atoms with Crippen molar-refractivity contribution < 1.29 is 36.3 Å². The van der Waals surface area contributed by atoms with E-state index in [9.17, 15) is 31.5 Å². The molecule has 0 unspecified atom stereocenters. The average molecular weight is 443 g/mol. The fourth-order valence-corrected chi connectivity index (χ4v) is 4.58. The second kappa shape index (κ2) is 7.12. The van der Waals surface area contributed by atoms with Crippen molar-refractivity contribution in [2.75, 3.05) is 19.7 Å². The standard InChI is InChI=1S/C16H12ClF5N2O3S/c17-11-10-8(16(20,21)22)1-7(13(18)19)2-9(10)28-12(11)14(26)24-3-15(23,4-24)5-27-6-25/h1-2,6,13H,3-5,23H2. The highest BCUT2D eigenvalue weighted by atomic mass is 35.5. The van der Waals surface area contributed by atoms with Crippen LogP contribution in [0.15, 0.2) is 12.1 Å².